The third-order valence-electron chi connectivity index (χ3n) is 3.36. The number of hydrogen-bond acceptors (Lipinski definition) is 4. The fourth-order valence-corrected chi connectivity index (χ4v) is 2.16. The summed E-state index contributed by atoms with van der Waals surface area (Å²) in [5.74, 6) is -0.640. The van der Waals surface area contributed by atoms with Gasteiger partial charge in [-0.3, -0.25) is 9.59 Å². The summed E-state index contributed by atoms with van der Waals surface area (Å²) in [6, 6.07) is 0.446. The molecule has 0 bridgehead atoms. The predicted octanol–water partition coefficient (Wildman–Crippen LogP) is 0.632. The number of anilines is 1. The molecular weight excluding hydrogens is 234 g/mol. The minimum Gasteiger partial charge on any atom is -0.480 e. The van der Waals surface area contributed by atoms with Crippen molar-refractivity contribution >= 4 is 11.8 Å². The van der Waals surface area contributed by atoms with Gasteiger partial charge in [0.05, 0.1) is 0 Å². The van der Waals surface area contributed by atoms with Crippen molar-refractivity contribution < 1.29 is 9.90 Å². The van der Waals surface area contributed by atoms with Crippen molar-refractivity contribution in [3.05, 3.63) is 22.7 Å². The van der Waals surface area contributed by atoms with Crippen molar-refractivity contribution in [2.75, 3.05) is 11.4 Å². The van der Waals surface area contributed by atoms with Gasteiger partial charge >= 0.3 is 5.97 Å². The van der Waals surface area contributed by atoms with E-state index in [4.69, 9.17) is 5.11 Å². The van der Waals surface area contributed by atoms with Crippen molar-refractivity contribution in [3.63, 3.8) is 0 Å². The van der Waals surface area contributed by atoms with Crippen LogP contribution in [0, 0.1) is 0 Å². The van der Waals surface area contributed by atoms with Gasteiger partial charge in [-0.1, -0.05) is 0 Å². The lowest BCUT2D eigenvalue weighted by molar-refractivity contribution is -0.135. The van der Waals surface area contributed by atoms with Crippen molar-refractivity contribution in [1.29, 1.82) is 0 Å². The van der Waals surface area contributed by atoms with E-state index >= 15 is 0 Å². The highest BCUT2D eigenvalue weighted by atomic mass is 16.4. The molecule has 0 amide bonds. The molecule has 0 spiro atoms. The van der Waals surface area contributed by atoms with Crippen LogP contribution in [-0.4, -0.2) is 33.2 Å². The first-order valence-electron chi connectivity index (χ1n) is 6.22. The summed E-state index contributed by atoms with van der Waals surface area (Å²) in [6.45, 7) is -0.151. The zero-order valence-corrected chi connectivity index (χ0v) is 9.95. The van der Waals surface area contributed by atoms with Crippen molar-refractivity contribution in [2.45, 2.75) is 37.8 Å². The molecule has 2 saturated carbocycles. The number of carbonyl (C=O) groups is 1. The summed E-state index contributed by atoms with van der Waals surface area (Å²) in [6.07, 6.45) is 7.19. The fraction of sp³-hybridized carbons (Fsp3) is 0.583. The quantitative estimate of drug-likeness (QED) is 0.828. The largest absolute Gasteiger partial charge is 0.480 e. The van der Waals surface area contributed by atoms with Crippen LogP contribution in [0.5, 0.6) is 0 Å². The van der Waals surface area contributed by atoms with E-state index in [-0.39, 0.29) is 30.0 Å². The maximum absolute atomic E-state index is 12.3. The minimum atomic E-state index is -0.926. The molecule has 0 unspecified atom stereocenters. The Morgan fingerprint density at radius 3 is 2.72 bits per heavy atom. The molecule has 3 rings (SSSR count). The Labute approximate surface area is 104 Å². The average molecular weight is 249 g/mol. The lowest BCUT2D eigenvalue weighted by Crippen LogP contribution is -2.38. The van der Waals surface area contributed by atoms with Crippen LogP contribution >= 0.6 is 0 Å². The number of aromatic nitrogens is 2. The normalized spacial score (nSPS) is 18.7. The van der Waals surface area contributed by atoms with E-state index in [1.807, 2.05) is 0 Å². The second kappa shape index (κ2) is 4.12. The van der Waals surface area contributed by atoms with Crippen LogP contribution < -0.4 is 10.5 Å². The molecule has 6 nitrogen and oxygen atoms in total. The third kappa shape index (κ3) is 2.10. The molecule has 1 aromatic rings. The van der Waals surface area contributed by atoms with Gasteiger partial charge in [0.25, 0.3) is 5.56 Å². The molecule has 18 heavy (non-hydrogen) atoms. The maximum atomic E-state index is 12.3. The van der Waals surface area contributed by atoms with E-state index in [1.165, 1.54) is 0 Å². The Bertz CT molecular complexity index is 532. The highest BCUT2D eigenvalue weighted by Crippen LogP contribution is 2.34. The standard InChI is InChI=1S/C12H15N3O3/c16-10(17)7-15(9-3-4-9)11-12(18)14(6-5-13-11)8-1-2-8/h5-6,8-9H,1-4,7H2,(H,16,17). The van der Waals surface area contributed by atoms with Crippen LogP contribution in [0.1, 0.15) is 31.7 Å². The maximum Gasteiger partial charge on any atom is 0.323 e. The molecule has 0 atom stereocenters. The van der Waals surface area contributed by atoms with Crippen LogP contribution in [-0.2, 0) is 4.79 Å². The SMILES string of the molecule is O=C(O)CN(c1nccn(C2CC2)c1=O)C1CC1. The minimum absolute atomic E-state index is 0.151. The van der Waals surface area contributed by atoms with E-state index < -0.39 is 5.97 Å². The summed E-state index contributed by atoms with van der Waals surface area (Å²) in [4.78, 5) is 28.9. The zero-order chi connectivity index (χ0) is 12.7. The molecule has 2 aliphatic carbocycles. The molecule has 6 heteroatoms. The van der Waals surface area contributed by atoms with Crippen molar-refractivity contribution in [3.8, 4) is 0 Å². The van der Waals surface area contributed by atoms with Gasteiger partial charge in [-0.25, -0.2) is 4.98 Å². The highest BCUT2D eigenvalue weighted by Gasteiger charge is 2.34. The van der Waals surface area contributed by atoms with Gasteiger partial charge in [-0.15, -0.1) is 0 Å². The topological polar surface area (TPSA) is 75.4 Å². The molecule has 1 heterocycles. The zero-order valence-electron chi connectivity index (χ0n) is 9.95. The highest BCUT2D eigenvalue weighted by molar-refractivity contribution is 5.73. The van der Waals surface area contributed by atoms with Crippen LogP contribution in [0.3, 0.4) is 0 Å². The van der Waals surface area contributed by atoms with Gasteiger partial charge in [-0.2, -0.15) is 0 Å². The van der Waals surface area contributed by atoms with Crippen molar-refractivity contribution in [2.24, 2.45) is 0 Å². The van der Waals surface area contributed by atoms with Gasteiger partial charge in [0.1, 0.15) is 6.54 Å². The Kier molecular flexibility index (Phi) is 2.57. The average Bonchev–Trinajstić information content (AvgIpc) is 3.17. The van der Waals surface area contributed by atoms with Crippen LogP contribution in [0.25, 0.3) is 0 Å². The molecule has 1 N–H and O–H groups in total. The van der Waals surface area contributed by atoms with Gasteiger partial charge in [0.2, 0.25) is 0 Å². The lowest BCUT2D eigenvalue weighted by atomic mass is 10.4. The van der Waals surface area contributed by atoms with Crippen LogP contribution in [0.15, 0.2) is 17.2 Å². The summed E-state index contributed by atoms with van der Waals surface area (Å²) in [7, 11) is 0. The number of rotatable bonds is 5. The molecule has 2 aliphatic rings. The molecule has 2 fully saturated rings. The van der Waals surface area contributed by atoms with E-state index in [1.54, 1.807) is 21.9 Å². The second-order valence-corrected chi connectivity index (χ2v) is 4.95. The van der Waals surface area contributed by atoms with Gasteiger partial charge in [0, 0.05) is 24.5 Å². The van der Waals surface area contributed by atoms with Gasteiger partial charge in [-0.05, 0) is 25.7 Å². The molecule has 96 valence electrons. The van der Waals surface area contributed by atoms with Gasteiger partial charge < -0.3 is 14.6 Å². The van der Waals surface area contributed by atoms with Crippen LogP contribution in [0.2, 0.25) is 0 Å². The number of carboxylic acid groups (broad SMARTS) is 1. The first kappa shape index (κ1) is 11.3. The Morgan fingerprint density at radius 1 is 1.44 bits per heavy atom. The van der Waals surface area contributed by atoms with Crippen molar-refractivity contribution in [1.82, 2.24) is 9.55 Å². The number of hydrogen-bond donors (Lipinski definition) is 1. The molecule has 0 aliphatic heterocycles. The molecule has 0 aromatic carbocycles. The third-order valence-corrected chi connectivity index (χ3v) is 3.36. The monoisotopic (exact) mass is 249 g/mol. The first-order valence-corrected chi connectivity index (χ1v) is 6.22. The Hall–Kier alpha value is -1.85. The Balaban J connectivity index is 1.95. The molecule has 0 saturated heterocycles. The van der Waals surface area contributed by atoms with E-state index in [9.17, 15) is 9.59 Å². The number of aliphatic carboxylic acids is 1. The molecular formula is C12H15N3O3. The van der Waals surface area contributed by atoms with Gasteiger partial charge in [0.15, 0.2) is 5.82 Å². The summed E-state index contributed by atoms with van der Waals surface area (Å²) < 4.78 is 1.68. The number of nitrogens with zero attached hydrogens (tertiary/aromatic N) is 3. The summed E-state index contributed by atoms with van der Waals surface area (Å²) in [5.41, 5.74) is -0.159. The Morgan fingerprint density at radius 2 is 2.17 bits per heavy atom. The summed E-state index contributed by atoms with van der Waals surface area (Å²) >= 11 is 0. The van der Waals surface area contributed by atoms with E-state index in [2.05, 4.69) is 4.98 Å². The van der Waals surface area contributed by atoms with E-state index in [0.29, 0.717) is 0 Å². The van der Waals surface area contributed by atoms with E-state index in [0.717, 1.165) is 25.7 Å². The first-order chi connectivity index (χ1) is 8.66. The molecule has 1 aromatic heterocycles. The predicted molar refractivity (Wildman–Crippen MR) is 64.8 cm³/mol. The smallest absolute Gasteiger partial charge is 0.323 e. The van der Waals surface area contributed by atoms with Crippen LogP contribution in [0.4, 0.5) is 5.82 Å². The summed E-state index contributed by atoms with van der Waals surface area (Å²) in [5, 5.41) is 8.93. The molecule has 0 radical (unpaired) electrons. The second-order valence-electron chi connectivity index (χ2n) is 4.95. The number of carboxylic acids is 1. The lowest BCUT2D eigenvalue weighted by Gasteiger charge is -2.21. The fourth-order valence-electron chi connectivity index (χ4n) is 2.16.